The minimum Gasteiger partial charge on any atom is -0.335 e. The number of amides is 1. The predicted molar refractivity (Wildman–Crippen MR) is 91.9 cm³/mol. The van der Waals surface area contributed by atoms with Gasteiger partial charge in [-0.05, 0) is 23.6 Å². The van der Waals surface area contributed by atoms with Gasteiger partial charge in [0.25, 0.3) is 5.91 Å². The van der Waals surface area contributed by atoms with Crippen molar-refractivity contribution in [1.29, 1.82) is 0 Å². The smallest absolute Gasteiger partial charge is 0.250 e. The number of hydrogen-bond donors (Lipinski definition) is 0. The molecule has 3 heteroatoms. The second-order valence-corrected chi connectivity index (χ2v) is 6.19. The van der Waals surface area contributed by atoms with E-state index in [1.807, 2.05) is 59.6 Å². The molecule has 1 atom stereocenters. The molecule has 4 rings (SSSR count). The summed E-state index contributed by atoms with van der Waals surface area (Å²) in [5.74, 6) is 0.0308. The maximum atomic E-state index is 12.9. The summed E-state index contributed by atoms with van der Waals surface area (Å²) in [7, 11) is 0. The fraction of sp³-hybridized carbons (Fsp3) is 0.200. The number of rotatable bonds is 2. The van der Waals surface area contributed by atoms with Crippen molar-refractivity contribution in [2.75, 3.05) is 6.54 Å². The van der Waals surface area contributed by atoms with Crippen molar-refractivity contribution >= 4 is 17.8 Å². The first kappa shape index (κ1) is 13.9. The van der Waals surface area contributed by atoms with Gasteiger partial charge in [0.2, 0.25) is 0 Å². The van der Waals surface area contributed by atoms with Gasteiger partial charge in [0.1, 0.15) is 0 Å². The van der Waals surface area contributed by atoms with Crippen LogP contribution in [0.1, 0.15) is 17.5 Å². The Kier molecular flexibility index (Phi) is 3.15. The molecule has 2 heterocycles. The predicted octanol–water partition coefficient (Wildman–Crippen LogP) is 3.63. The maximum Gasteiger partial charge on any atom is 0.250 e. The molecule has 1 fully saturated rings. The number of benzene rings is 2. The van der Waals surface area contributed by atoms with Crippen LogP contribution in [0.5, 0.6) is 0 Å². The van der Waals surface area contributed by atoms with Crippen molar-refractivity contribution < 1.29 is 4.79 Å². The summed E-state index contributed by atoms with van der Waals surface area (Å²) in [6.45, 7) is 5.49. The molecule has 3 nitrogen and oxygen atoms in total. The summed E-state index contributed by atoms with van der Waals surface area (Å²) in [5.41, 5.74) is 3.43. The molecule has 1 saturated heterocycles. The molecule has 2 aromatic carbocycles. The molecule has 0 N–H and O–H groups in total. The average Bonchev–Trinajstić information content (AvgIpc) is 2.97. The Morgan fingerprint density at radius 2 is 1.83 bits per heavy atom. The number of likely N-dealkylation sites (tertiary alicyclic amines) is 1. The van der Waals surface area contributed by atoms with Gasteiger partial charge >= 0.3 is 0 Å². The van der Waals surface area contributed by atoms with E-state index in [2.05, 4.69) is 17.6 Å². The van der Waals surface area contributed by atoms with Crippen LogP contribution in [0, 0.1) is 0 Å². The third-order valence-corrected chi connectivity index (χ3v) is 4.88. The molecule has 2 aliphatic heterocycles. The summed E-state index contributed by atoms with van der Waals surface area (Å²) in [4.78, 5) is 19.3. The van der Waals surface area contributed by atoms with Crippen molar-refractivity contribution in [1.82, 2.24) is 4.90 Å². The van der Waals surface area contributed by atoms with Crippen LogP contribution in [0.3, 0.4) is 0 Å². The molecule has 0 saturated carbocycles. The van der Waals surface area contributed by atoms with Crippen LogP contribution in [-0.4, -0.2) is 23.6 Å². The first-order valence-electron chi connectivity index (χ1n) is 7.88. The van der Waals surface area contributed by atoms with E-state index in [0.717, 1.165) is 23.2 Å². The molecular weight excluding hydrogens is 284 g/mol. The van der Waals surface area contributed by atoms with E-state index >= 15 is 0 Å². The van der Waals surface area contributed by atoms with Crippen LogP contribution in [0.25, 0.3) is 0 Å². The van der Waals surface area contributed by atoms with Gasteiger partial charge in [0.15, 0.2) is 0 Å². The van der Waals surface area contributed by atoms with Crippen molar-refractivity contribution in [3.8, 4) is 0 Å². The molecule has 114 valence electrons. The minimum absolute atomic E-state index is 0.0308. The van der Waals surface area contributed by atoms with Crippen molar-refractivity contribution in [3.05, 3.63) is 77.9 Å². The van der Waals surface area contributed by atoms with Gasteiger partial charge in [-0.3, -0.25) is 9.79 Å². The van der Waals surface area contributed by atoms with Gasteiger partial charge in [-0.15, -0.1) is 0 Å². The third-order valence-electron chi connectivity index (χ3n) is 4.88. The molecule has 1 spiro atoms. The van der Waals surface area contributed by atoms with Gasteiger partial charge in [-0.2, -0.15) is 0 Å². The molecule has 0 aromatic heterocycles. The van der Waals surface area contributed by atoms with E-state index in [0.29, 0.717) is 18.7 Å². The molecular formula is C20H18N2O. The highest BCUT2D eigenvalue weighted by Gasteiger charge is 2.46. The van der Waals surface area contributed by atoms with Gasteiger partial charge in [-0.25, -0.2) is 0 Å². The number of aliphatic imine (C=N–C) groups is 1. The monoisotopic (exact) mass is 302 g/mol. The topological polar surface area (TPSA) is 32.7 Å². The zero-order valence-corrected chi connectivity index (χ0v) is 12.9. The van der Waals surface area contributed by atoms with E-state index in [4.69, 9.17) is 0 Å². The first-order valence-corrected chi connectivity index (χ1v) is 7.88. The molecule has 2 aliphatic rings. The van der Waals surface area contributed by atoms with E-state index in [-0.39, 0.29) is 5.91 Å². The van der Waals surface area contributed by atoms with Gasteiger partial charge in [0, 0.05) is 24.9 Å². The Bertz CT molecular complexity index is 809. The zero-order valence-electron chi connectivity index (χ0n) is 12.9. The van der Waals surface area contributed by atoms with E-state index in [1.54, 1.807) is 0 Å². The molecule has 1 amide bonds. The quantitative estimate of drug-likeness (QED) is 0.780. The Hall–Kier alpha value is -2.68. The normalized spacial score (nSPS) is 22.7. The number of nitrogens with zero attached hydrogens (tertiary/aromatic N) is 2. The lowest BCUT2D eigenvalue weighted by atomic mass is 9.71. The molecule has 2 aromatic rings. The van der Waals surface area contributed by atoms with Crippen molar-refractivity contribution in [2.45, 2.75) is 18.4 Å². The minimum atomic E-state index is -0.416. The van der Waals surface area contributed by atoms with Crippen LogP contribution in [0.4, 0.5) is 5.69 Å². The summed E-state index contributed by atoms with van der Waals surface area (Å²) in [6, 6.07) is 18.1. The summed E-state index contributed by atoms with van der Waals surface area (Å²) in [5, 5.41) is 0. The summed E-state index contributed by atoms with van der Waals surface area (Å²) >= 11 is 0. The molecule has 0 radical (unpaired) electrons. The highest BCUT2D eigenvalue weighted by Crippen LogP contribution is 2.46. The molecule has 23 heavy (non-hydrogen) atoms. The number of carbonyl (C=O) groups excluding carboxylic acids is 1. The molecule has 0 aliphatic carbocycles. The van der Waals surface area contributed by atoms with E-state index in [1.165, 1.54) is 0 Å². The van der Waals surface area contributed by atoms with Gasteiger partial charge < -0.3 is 4.90 Å². The standard InChI is InChI=1S/C20H18N2O/c1-15-19(23)22(13-16-7-3-2-4-8-16)12-11-20(15)14-21-18-10-6-5-9-17(18)20/h2-10,14H,1,11-13H2. The third kappa shape index (κ3) is 2.12. The Labute approximate surface area is 136 Å². The highest BCUT2D eigenvalue weighted by molar-refractivity contribution is 6.05. The lowest BCUT2D eigenvalue weighted by molar-refractivity contribution is -0.130. The lowest BCUT2D eigenvalue weighted by Crippen LogP contribution is -2.47. The second-order valence-electron chi connectivity index (χ2n) is 6.19. The largest absolute Gasteiger partial charge is 0.335 e. The zero-order chi connectivity index (χ0) is 15.9. The van der Waals surface area contributed by atoms with Crippen molar-refractivity contribution in [3.63, 3.8) is 0 Å². The fourth-order valence-corrected chi connectivity index (χ4v) is 3.55. The average molecular weight is 302 g/mol. The number of para-hydroxylation sites is 1. The number of hydrogen-bond acceptors (Lipinski definition) is 2. The van der Waals surface area contributed by atoms with E-state index in [9.17, 15) is 4.79 Å². The molecule has 0 bridgehead atoms. The lowest BCUT2D eigenvalue weighted by Gasteiger charge is -2.39. The van der Waals surface area contributed by atoms with Gasteiger partial charge in [-0.1, -0.05) is 55.1 Å². The van der Waals surface area contributed by atoms with Crippen LogP contribution < -0.4 is 0 Å². The Morgan fingerprint density at radius 3 is 2.65 bits per heavy atom. The number of piperidine rings is 1. The fourth-order valence-electron chi connectivity index (χ4n) is 3.55. The van der Waals surface area contributed by atoms with Gasteiger partial charge in [0.05, 0.1) is 11.1 Å². The Balaban J connectivity index is 1.62. The number of carbonyl (C=O) groups is 1. The highest BCUT2D eigenvalue weighted by atomic mass is 16.2. The Morgan fingerprint density at radius 1 is 1.09 bits per heavy atom. The summed E-state index contributed by atoms with van der Waals surface area (Å²) < 4.78 is 0. The van der Waals surface area contributed by atoms with Crippen LogP contribution >= 0.6 is 0 Å². The van der Waals surface area contributed by atoms with Crippen LogP contribution in [-0.2, 0) is 16.8 Å². The molecule has 1 unspecified atom stereocenters. The second kappa shape index (κ2) is 5.20. The van der Waals surface area contributed by atoms with Crippen LogP contribution in [0.2, 0.25) is 0 Å². The maximum absolute atomic E-state index is 12.9. The SMILES string of the molecule is C=C1C(=O)N(Cc2ccccc2)CCC12C=Nc1ccccc12. The summed E-state index contributed by atoms with van der Waals surface area (Å²) in [6.07, 6.45) is 2.75. The van der Waals surface area contributed by atoms with Crippen LogP contribution in [0.15, 0.2) is 71.7 Å². The van der Waals surface area contributed by atoms with E-state index < -0.39 is 5.41 Å². The van der Waals surface area contributed by atoms with Crippen molar-refractivity contribution in [2.24, 2.45) is 4.99 Å². The number of fused-ring (bicyclic) bond motifs is 2. The first-order chi connectivity index (χ1) is 11.2.